The highest BCUT2D eigenvalue weighted by Gasteiger charge is 2.28. The van der Waals surface area contributed by atoms with Gasteiger partial charge in [0.1, 0.15) is 0 Å². The summed E-state index contributed by atoms with van der Waals surface area (Å²) in [6, 6.07) is 0.303. The first-order valence-electron chi connectivity index (χ1n) is 8.09. The fourth-order valence-corrected chi connectivity index (χ4v) is 3.75. The third-order valence-corrected chi connectivity index (χ3v) is 4.98. The van der Waals surface area contributed by atoms with E-state index < -0.39 is 0 Å². The molecule has 3 aliphatic rings. The number of carbonyl (C=O) groups is 1. The third-order valence-electron chi connectivity index (χ3n) is 4.98. The van der Waals surface area contributed by atoms with E-state index >= 15 is 0 Å². The second-order valence-electron chi connectivity index (χ2n) is 6.41. The normalized spacial score (nSPS) is 26.3. The lowest BCUT2D eigenvalue weighted by Gasteiger charge is -2.35. The summed E-state index contributed by atoms with van der Waals surface area (Å²) in [4.78, 5) is 19.0. The van der Waals surface area contributed by atoms with Gasteiger partial charge in [0.2, 0.25) is 0 Å². The van der Waals surface area contributed by atoms with Gasteiger partial charge in [0.25, 0.3) is 0 Å². The fourth-order valence-electron chi connectivity index (χ4n) is 3.75. The molecule has 3 heterocycles. The molecule has 3 rings (SSSR count). The van der Waals surface area contributed by atoms with Crippen LogP contribution in [-0.2, 0) is 0 Å². The van der Waals surface area contributed by atoms with E-state index in [9.17, 15) is 4.79 Å². The Morgan fingerprint density at radius 2 is 1.32 bits per heavy atom. The molecule has 3 aliphatic heterocycles. The molecular formula is C15H27N3O. The van der Waals surface area contributed by atoms with Crippen LogP contribution in [0.2, 0.25) is 0 Å². The summed E-state index contributed by atoms with van der Waals surface area (Å²) >= 11 is 0. The molecular weight excluding hydrogens is 238 g/mol. The molecule has 0 spiro atoms. The average molecular weight is 265 g/mol. The minimum atomic E-state index is 0.303. The number of rotatable bonds is 2. The van der Waals surface area contributed by atoms with Crippen molar-refractivity contribution in [1.29, 1.82) is 0 Å². The largest absolute Gasteiger partial charge is 0.325 e. The van der Waals surface area contributed by atoms with Gasteiger partial charge < -0.3 is 14.7 Å². The lowest BCUT2D eigenvalue weighted by atomic mass is 9.96. The minimum absolute atomic E-state index is 0.303. The summed E-state index contributed by atoms with van der Waals surface area (Å²) < 4.78 is 0. The van der Waals surface area contributed by atoms with Crippen LogP contribution in [0.1, 0.15) is 38.5 Å². The van der Waals surface area contributed by atoms with E-state index in [-0.39, 0.29) is 0 Å². The van der Waals surface area contributed by atoms with E-state index in [1.807, 2.05) is 4.90 Å². The number of carbonyl (C=O) groups excluding carboxylic acids is 1. The van der Waals surface area contributed by atoms with Crippen LogP contribution in [-0.4, -0.2) is 66.5 Å². The average Bonchev–Trinajstić information content (AvgIpc) is 3.12. The zero-order chi connectivity index (χ0) is 13.1. The minimum Gasteiger partial charge on any atom is -0.325 e. The van der Waals surface area contributed by atoms with Crippen LogP contribution >= 0.6 is 0 Å². The third kappa shape index (κ3) is 3.22. The van der Waals surface area contributed by atoms with Gasteiger partial charge >= 0.3 is 6.03 Å². The number of hydrogen-bond donors (Lipinski definition) is 0. The molecule has 3 saturated heterocycles. The second kappa shape index (κ2) is 6.12. The van der Waals surface area contributed by atoms with Crippen LogP contribution in [0.4, 0.5) is 4.79 Å². The predicted octanol–water partition coefficient (Wildman–Crippen LogP) is 2.01. The van der Waals surface area contributed by atoms with Gasteiger partial charge in [-0.15, -0.1) is 0 Å². The monoisotopic (exact) mass is 265 g/mol. The van der Waals surface area contributed by atoms with Crippen LogP contribution in [0.5, 0.6) is 0 Å². The Labute approximate surface area is 116 Å². The Morgan fingerprint density at radius 1 is 0.789 bits per heavy atom. The van der Waals surface area contributed by atoms with Crippen molar-refractivity contribution in [3.8, 4) is 0 Å². The zero-order valence-electron chi connectivity index (χ0n) is 12.0. The molecule has 108 valence electrons. The van der Waals surface area contributed by atoms with Crippen LogP contribution in [0, 0.1) is 5.92 Å². The Hall–Kier alpha value is -0.770. The van der Waals surface area contributed by atoms with E-state index in [1.54, 1.807) is 0 Å². The standard InChI is InChI=1S/C15H27N3O/c19-15(17-9-3-4-10-17)18-11-5-14(6-12-18)13-16-7-1-2-8-16/h14H,1-13H2. The van der Waals surface area contributed by atoms with Crippen molar-refractivity contribution in [1.82, 2.24) is 14.7 Å². The summed E-state index contributed by atoms with van der Waals surface area (Å²) in [5, 5.41) is 0. The van der Waals surface area contributed by atoms with Crippen LogP contribution < -0.4 is 0 Å². The SMILES string of the molecule is O=C(N1CCCC1)N1CCC(CN2CCCC2)CC1. The molecule has 0 aromatic rings. The van der Waals surface area contributed by atoms with Gasteiger partial charge in [-0.3, -0.25) is 0 Å². The van der Waals surface area contributed by atoms with Gasteiger partial charge in [0.15, 0.2) is 0 Å². The molecule has 3 fully saturated rings. The van der Waals surface area contributed by atoms with Gasteiger partial charge in [0, 0.05) is 32.7 Å². The van der Waals surface area contributed by atoms with Gasteiger partial charge in [0.05, 0.1) is 0 Å². The Morgan fingerprint density at radius 3 is 1.95 bits per heavy atom. The Kier molecular flexibility index (Phi) is 4.26. The van der Waals surface area contributed by atoms with Gasteiger partial charge in [-0.1, -0.05) is 0 Å². The zero-order valence-corrected chi connectivity index (χ0v) is 12.0. The molecule has 4 nitrogen and oxygen atoms in total. The van der Waals surface area contributed by atoms with Gasteiger partial charge in [-0.25, -0.2) is 4.79 Å². The lowest BCUT2D eigenvalue weighted by Crippen LogP contribution is -2.46. The number of amides is 2. The highest BCUT2D eigenvalue weighted by molar-refractivity contribution is 5.74. The molecule has 2 amide bonds. The molecule has 4 heteroatoms. The molecule has 0 unspecified atom stereocenters. The predicted molar refractivity (Wildman–Crippen MR) is 76.2 cm³/mol. The quantitative estimate of drug-likeness (QED) is 0.763. The van der Waals surface area contributed by atoms with Crippen LogP contribution in [0.25, 0.3) is 0 Å². The summed E-state index contributed by atoms with van der Waals surface area (Å²) in [6.07, 6.45) is 7.55. The Bertz CT molecular complexity index is 301. The maximum Gasteiger partial charge on any atom is 0.319 e. The van der Waals surface area contributed by atoms with Crippen molar-refractivity contribution in [2.45, 2.75) is 38.5 Å². The summed E-state index contributed by atoms with van der Waals surface area (Å²) in [7, 11) is 0. The van der Waals surface area contributed by atoms with Crippen LogP contribution in [0.3, 0.4) is 0 Å². The molecule has 0 N–H and O–H groups in total. The summed E-state index contributed by atoms with van der Waals surface area (Å²) in [6.45, 7) is 7.78. The number of hydrogen-bond acceptors (Lipinski definition) is 2. The fraction of sp³-hybridized carbons (Fsp3) is 0.933. The topological polar surface area (TPSA) is 26.8 Å². The van der Waals surface area contributed by atoms with Crippen molar-refractivity contribution in [2.24, 2.45) is 5.92 Å². The van der Waals surface area contributed by atoms with Crippen molar-refractivity contribution in [3.63, 3.8) is 0 Å². The van der Waals surface area contributed by atoms with Crippen molar-refractivity contribution in [3.05, 3.63) is 0 Å². The van der Waals surface area contributed by atoms with Crippen molar-refractivity contribution < 1.29 is 4.79 Å². The van der Waals surface area contributed by atoms with E-state index in [4.69, 9.17) is 0 Å². The summed E-state index contributed by atoms with van der Waals surface area (Å²) in [5.41, 5.74) is 0. The number of urea groups is 1. The lowest BCUT2D eigenvalue weighted by molar-refractivity contribution is 0.130. The van der Waals surface area contributed by atoms with Gasteiger partial charge in [-0.2, -0.15) is 0 Å². The molecule has 0 radical (unpaired) electrons. The van der Waals surface area contributed by atoms with E-state index in [1.165, 1.54) is 58.2 Å². The van der Waals surface area contributed by atoms with Gasteiger partial charge in [-0.05, 0) is 57.5 Å². The first-order valence-corrected chi connectivity index (χ1v) is 8.09. The first kappa shape index (κ1) is 13.2. The molecule has 0 aromatic carbocycles. The molecule has 19 heavy (non-hydrogen) atoms. The van der Waals surface area contributed by atoms with Crippen LogP contribution in [0.15, 0.2) is 0 Å². The van der Waals surface area contributed by atoms with Crippen molar-refractivity contribution >= 4 is 6.03 Å². The number of piperidine rings is 1. The van der Waals surface area contributed by atoms with E-state index in [0.29, 0.717) is 6.03 Å². The first-order chi connectivity index (χ1) is 9.33. The number of nitrogens with zero attached hydrogens (tertiary/aromatic N) is 3. The number of likely N-dealkylation sites (tertiary alicyclic amines) is 3. The highest BCUT2D eigenvalue weighted by atomic mass is 16.2. The molecule has 0 atom stereocenters. The maximum absolute atomic E-state index is 12.3. The molecule has 0 aliphatic carbocycles. The molecule has 0 saturated carbocycles. The smallest absolute Gasteiger partial charge is 0.319 e. The molecule has 0 aromatic heterocycles. The van der Waals surface area contributed by atoms with Crippen molar-refractivity contribution in [2.75, 3.05) is 45.8 Å². The highest BCUT2D eigenvalue weighted by Crippen LogP contribution is 2.22. The maximum atomic E-state index is 12.3. The van der Waals surface area contributed by atoms with E-state index in [0.717, 1.165) is 32.1 Å². The summed E-state index contributed by atoms with van der Waals surface area (Å²) in [5.74, 6) is 0.820. The second-order valence-corrected chi connectivity index (χ2v) is 6.41. The Balaban J connectivity index is 1.42. The van der Waals surface area contributed by atoms with E-state index in [2.05, 4.69) is 9.80 Å². The molecule has 0 bridgehead atoms.